The Balaban J connectivity index is 0.985. The number of pyridine rings is 1. The van der Waals surface area contributed by atoms with Crippen molar-refractivity contribution < 1.29 is 8.83 Å². The fourth-order valence-corrected chi connectivity index (χ4v) is 11.7. The number of benzene rings is 10. The van der Waals surface area contributed by atoms with Gasteiger partial charge in [0.05, 0.1) is 38.5 Å². The number of hydrogen-bond donors (Lipinski definition) is 0. The highest BCUT2D eigenvalue weighted by molar-refractivity contribution is 6.28. The summed E-state index contributed by atoms with van der Waals surface area (Å²) in [6, 6.07) is 82.1. The van der Waals surface area contributed by atoms with Gasteiger partial charge in [0.2, 0.25) is 0 Å². The first-order valence-electron chi connectivity index (χ1n) is 25.4. The maximum Gasteiger partial charge on any atom is 0.166 e. The molecule has 0 N–H and O–H groups in total. The Kier molecular flexibility index (Phi) is 9.17. The summed E-state index contributed by atoms with van der Waals surface area (Å²) < 4.78 is 18.3. The third-order valence-electron chi connectivity index (χ3n) is 15.0. The van der Waals surface area contributed by atoms with Crippen molar-refractivity contribution in [2.75, 3.05) is 0 Å². The van der Waals surface area contributed by atoms with E-state index in [0.717, 1.165) is 127 Å². The lowest BCUT2D eigenvalue weighted by atomic mass is 9.96. The quantitative estimate of drug-likeness (QED) is 0.158. The van der Waals surface area contributed by atoms with Crippen LogP contribution in [0.5, 0.6) is 0 Å². The summed E-state index contributed by atoms with van der Waals surface area (Å²) in [7, 11) is 0. The third-order valence-corrected chi connectivity index (χ3v) is 15.0. The van der Waals surface area contributed by atoms with Crippen molar-refractivity contribution in [3.05, 3.63) is 243 Å². The van der Waals surface area contributed by atoms with Gasteiger partial charge < -0.3 is 18.0 Å². The zero-order valence-electron chi connectivity index (χ0n) is 40.6. The minimum Gasteiger partial charge on any atom is -0.456 e. The molecule has 354 valence electrons. The third kappa shape index (κ3) is 6.37. The lowest BCUT2D eigenvalue weighted by molar-refractivity contribution is 0.669. The maximum atomic E-state index is 6.86. The van der Waals surface area contributed by atoms with Crippen molar-refractivity contribution in [2.45, 2.75) is 0 Å². The smallest absolute Gasteiger partial charge is 0.166 e. The van der Waals surface area contributed by atoms with Crippen molar-refractivity contribution in [2.24, 2.45) is 0 Å². The van der Waals surface area contributed by atoms with Gasteiger partial charge in [0.15, 0.2) is 17.5 Å². The molecule has 6 aromatic heterocycles. The second-order valence-electron chi connectivity index (χ2n) is 19.3. The summed E-state index contributed by atoms with van der Waals surface area (Å²) in [4.78, 5) is 21.3. The molecule has 0 aliphatic heterocycles. The van der Waals surface area contributed by atoms with Gasteiger partial charge in [0.25, 0.3) is 0 Å². The van der Waals surface area contributed by atoms with Crippen LogP contribution in [0.25, 0.3) is 155 Å². The van der Waals surface area contributed by atoms with E-state index in [1.807, 2.05) is 66.9 Å². The predicted octanol–water partition coefficient (Wildman–Crippen LogP) is 17.6. The molecule has 0 fully saturated rings. The van der Waals surface area contributed by atoms with Gasteiger partial charge in [-0.2, -0.15) is 0 Å². The molecule has 0 bridgehead atoms. The average Bonchev–Trinajstić information content (AvgIpc) is 4.42. The van der Waals surface area contributed by atoms with Crippen LogP contribution < -0.4 is 0 Å². The van der Waals surface area contributed by atoms with E-state index in [1.54, 1.807) is 0 Å². The van der Waals surface area contributed by atoms with Crippen LogP contribution in [0.3, 0.4) is 0 Å². The van der Waals surface area contributed by atoms with Crippen LogP contribution in [0.2, 0.25) is 0 Å². The largest absolute Gasteiger partial charge is 0.456 e. The van der Waals surface area contributed by atoms with Gasteiger partial charge in [-0.15, -0.1) is 0 Å². The molecule has 0 aliphatic rings. The van der Waals surface area contributed by atoms with Crippen LogP contribution in [0.1, 0.15) is 0 Å². The van der Waals surface area contributed by atoms with Crippen LogP contribution in [0.4, 0.5) is 0 Å². The molecule has 16 aromatic rings. The first-order valence-corrected chi connectivity index (χ1v) is 25.4. The monoisotopic (exact) mass is 972 g/mol. The van der Waals surface area contributed by atoms with E-state index in [-0.39, 0.29) is 0 Å². The summed E-state index contributed by atoms with van der Waals surface area (Å²) in [6.07, 6.45) is 1.98. The molecule has 8 nitrogen and oxygen atoms in total. The van der Waals surface area contributed by atoms with Gasteiger partial charge in [0.1, 0.15) is 22.3 Å². The van der Waals surface area contributed by atoms with E-state index >= 15 is 0 Å². The molecular formula is C68H40N6O2. The number of aromatic nitrogens is 6. The molecule has 16 rings (SSSR count). The predicted molar refractivity (Wildman–Crippen MR) is 308 cm³/mol. The normalized spacial score (nSPS) is 11.9. The Bertz CT molecular complexity index is 4920. The van der Waals surface area contributed by atoms with E-state index in [2.05, 4.69) is 185 Å². The number of rotatable bonds is 7. The molecule has 10 aromatic carbocycles. The minimum atomic E-state index is 0.495. The second kappa shape index (κ2) is 16.5. The van der Waals surface area contributed by atoms with Crippen molar-refractivity contribution in [1.29, 1.82) is 0 Å². The molecule has 0 atom stereocenters. The Morgan fingerprint density at radius 2 is 0.803 bits per heavy atom. The molecule has 0 radical (unpaired) electrons. The highest BCUT2D eigenvalue weighted by atomic mass is 16.3. The van der Waals surface area contributed by atoms with Crippen molar-refractivity contribution in [3.63, 3.8) is 0 Å². The van der Waals surface area contributed by atoms with Crippen LogP contribution in [-0.2, 0) is 0 Å². The summed E-state index contributed by atoms with van der Waals surface area (Å²) in [5, 5.41) is 8.65. The summed E-state index contributed by atoms with van der Waals surface area (Å²) >= 11 is 0. The van der Waals surface area contributed by atoms with E-state index in [1.165, 1.54) is 5.39 Å². The molecule has 0 saturated carbocycles. The van der Waals surface area contributed by atoms with Crippen LogP contribution in [-0.4, -0.2) is 29.1 Å². The van der Waals surface area contributed by atoms with Gasteiger partial charge in [-0.1, -0.05) is 152 Å². The number of nitrogens with zero attached hydrogens (tertiary/aromatic N) is 6. The zero-order valence-corrected chi connectivity index (χ0v) is 40.6. The highest BCUT2D eigenvalue weighted by Crippen LogP contribution is 2.47. The van der Waals surface area contributed by atoms with Crippen LogP contribution in [0, 0.1) is 0 Å². The Morgan fingerprint density at radius 1 is 0.303 bits per heavy atom. The molecule has 76 heavy (non-hydrogen) atoms. The van der Waals surface area contributed by atoms with Gasteiger partial charge in [-0.05, 0) is 90.5 Å². The van der Waals surface area contributed by atoms with Gasteiger partial charge in [-0.3, -0.25) is 4.98 Å². The van der Waals surface area contributed by atoms with Gasteiger partial charge >= 0.3 is 0 Å². The molecule has 0 spiro atoms. The first-order chi connectivity index (χ1) is 37.7. The molecule has 0 amide bonds. The Hall–Kier alpha value is -10.4. The number of furan rings is 2. The topological polar surface area (TPSA) is 87.7 Å². The SMILES string of the molecule is c1ccc(-c2nc(-c3ccccc3)nc(-c3cc(-c4ccc5oc6ccc7c8ccccc8n(-c8ccccc8)c7c6c5c4)cnc3-c3cccc4oc5ccc6c7ccccc7n(-c7ccccc7)c6c5c34)n2)cc1. The fraction of sp³-hybridized carbons (Fsp3) is 0. The number of para-hydroxylation sites is 4. The van der Waals surface area contributed by atoms with Crippen molar-refractivity contribution in [3.8, 4) is 67.9 Å². The zero-order chi connectivity index (χ0) is 49.8. The Morgan fingerprint density at radius 3 is 1.42 bits per heavy atom. The summed E-state index contributed by atoms with van der Waals surface area (Å²) in [6.45, 7) is 0. The first kappa shape index (κ1) is 42.1. The molecule has 8 heteroatoms. The van der Waals surface area contributed by atoms with Gasteiger partial charge in [0, 0.05) is 77.7 Å². The van der Waals surface area contributed by atoms with E-state index in [0.29, 0.717) is 23.2 Å². The standard InChI is InChI=1S/C68H40N6O2/c1-5-18-41(19-6-1)66-70-67(42-20-7-2-8-21-42)72-68(71-66)53-39-44(43-32-35-56-52(38-43)61-58(75-56)36-33-49-47-26-13-15-29-54(47)73(64(49)61)45-22-9-3-10-23-45)40-69-63(53)51-28-17-31-57-60(51)62-59(76-57)37-34-50-48-27-14-16-30-55(48)74(65(50)62)46-24-11-4-12-25-46/h1-40H. The Labute approximate surface area is 434 Å². The maximum absolute atomic E-state index is 6.86. The fourth-order valence-electron chi connectivity index (χ4n) is 11.7. The van der Waals surface area contributed by atoms with Gasteiger partial charge in [-0.25, -0.2) is 15.0 Å². The van der Waals surface area contributed by atoms with Crippen LogP contribution in [0.15, 0.2) is 252 Å². The molecule has 0 unspecified atom stereocenters. The molecule has 0 saturated heterocycles. The van der Waals surface area contributed by atoms with Crippen molar-refractivity contribution in [1.82, 2.24) is 29.1 Å². The van der Waals surface area contributed by atoms with Crippen molar-refractivity contribution >= 4 is 87.5 Å². The minimum absolute atomic E-state index is 0.495. The van der Waals surface area contributed by atoms with E-state index in [4.69, 9.17) is 28.8 Å². The second-order valence-corrected chi connectivity index (χ2v) is 19.3. The summed E-state index contributed by atoms with van der Waals surface area (Å²) in [5.74, 6) is 1.62. The molecule has 0 aliphatic carbocycles. The number of hydrogen-bond acceptors (Lipinski definition) is 6. The van der Waals surface area contributed by atoms with E-state index < -0.39 is 0 Å². The lowest BCUT2D eigenvalue weighted by Gasteiger charge is -2.14. The summed E-state index contributed by atoms with van der Waals surface area (Å²) in [5.41, 5.74) is 15.7. The number of fused-ring (bicyclic) bond motifs is 14. The van der Waals surface area contributed by atoms with Crippen LogP contribution >= 0.6 is 0 Å². The average molecular weight is 973 g/mol. The van der Waals surface area contributed by atoms with E-state index in [9.17, 15) is 0 Å². The lowest BCUT2D eigenvalue weighted by Crippen LogP contribution is -2.02. The highest BCUT2D eigenvalue weighted by Gasteiger charge is 2.26. The molecular weight excluding hydrogens is 933 g/mol. The molecule has 6 heterocycles.